The fraction of sp³-hybridized carbons (Fsp3) is 0.429. The number of aryl methyl sites for hydroxylation is 1. The zero-order valence-electron chi connectivity index (χ0n) is 11.9. The third-order valence-electron chi connectivity index (χ3n) is 2.68. The van der Waals surface area contributed by atoms with E-state index in [0.717, 1.165) is 31.9 Å². The van der Waals surface area contributed by atoms with Gasteiger partial charge in [0.1, 0.15) is 10.7 Å². The molecule has 0 saturated carbocycles. The summed E-state index contributed by atoms with van der Waals surface area (Å²) in [6.45, 7) is 9.37. The smallest absolute Gasteiger partial charge is 0.143 e. The summed E-state index contributed by atoms with van der Waals surface area (Å²) >= 11 is 8.65. The van der Waals surface area contributed by atoms with E-state index in [1.54, 1.807) is 17.5 Å². The molecule has 2 rings (SSSR count). The first kappa shape index (κ1) is 16.1. The minimum Gasteiger partial charge on any atom is -0.307 e. The highest BCUT2D eigenvalue weighted by atomic mass is 79.9. The summed E-state index contributed by atoms with van der Waals surface area (Å²) in [5.41, 5.74) is 2.06. The molecule has 0 aromatic carbocycles. The molecule has 0 fully saturated rings. The summed E-state index contributed by atoms with van der Waals surface area (Å²) in [6.07, 6.45) is 1.80. The number of hydrogen-bond acceptors (Lipinski definition) is 4. The first-order valence-electron chi connectivity index (χ1n) is 6.29. The molecule has 1 N–H and O–H groups in total. The molecule has 6 heteroatoms. The molecule has 0 amide bonds. The van der Waals surface area contributed by atoms with Crippen LogP contribution in [0.2, 0.25) is 0 Å². The van der Waals surface area contributed by atoms with Crippen LogP contribution in [0.5, 0.6) is 0 Å². The first-order valence-corrected chi connectivity index (χ1v) is 8.69. The Morgan fingerprint density at radius 2 is 2.00 bits per heavy atom. The van der Waals surface area contributed by atoms with Crippen molar-refractivity contribution in [1.82, 2.24) is 15.3 Å². The van der Waals surface area contributed by atoms with Gasteiger partial charge >= 0.3 is 0 Å². The summed E-state index contributed by atoms with van der Waals surface area (Å²) < 4.78 is 1.91. The number of rotatable bonds is 3. The number of thiazole rings is 1. The van der Waals surface area contributed by atoms with Crippen LogP contribution < -0.4 is 5.32 Å². The summed E-state index contributed by atoms with van der Waals surface area (Å²) in [6, 6.07) is 1.99. The Labute approximate surface area is 140 Å². The van der Waals surface area contributed by atoms with Gasteiger partial charge in [-0.25, -0.2) is 4.98 Å². The van der Waals surface area contributed by atoms with Gasteiger partial charge in [-0.15, -0.1) is 11.3 Å². The summed E-state index contributed by atoms with van der Waals surface area (Å²) in [5, 5.41) is 4.45. The normalized spacial score (nSPS) is 11.9. The molecule has 0 aliphatic carbocycles. The van der Waals surface area contributed by atoms with Gasteiger partial charge in [-0.05, 0) is 65.6 Å². The second-order valence-electron chi connectivity index (χ2n) is 5.62. The molecule has 0 spiro atoms. The third kappa shape index (κ3) is 4.10. The average Bonchev–Trinajstić information content (AvgIpc) is 2.67. The Hall–Kier alpha value is -0.300. The van der Waals surface area contributed by atoms with Gasteiger partial charge in [0, 0.05) is 32.1 Å². The van der Waals surface area contributed by atoms with Gasteiger partial charge in [0.05, 0.1) is 5.69 Å². The fourth-order valence-corrected chi connectivity index (χ4v) is 3.93. The third-order valence-corrected chi connectivity index (χ3v) is 4.88. The molecule has 2 aromatic rings. The van der Waals surface area contributed by atoms with Crippen LogP contribution in [-0.4, -0.2) is 15.5 Å². The molecule has 0 radical (unpaired) electrons. The predicted molar refractivity (Wildman–Crippen MR) is 92.1 cm³/mol. The standard InChI is InChI=1S/C14H17Br2N3S/c1-8-11(7-18-14(2,3)4)20-13(19-8)12-10(16)5-9(15)6-17-12/h5-6,18H,7H2,1-4H3. The van der Waals surface area contributed by atoms with Crippen LogP contribution in [0.3, 0.4) is 0 Å². The summed E-state index contributed by atoms with van der Waals surface area (Å²) in [5.74, 6) is 0. The number of hydrogen-bond donors (Lipinski definition) is 1. The molecular weight excluding hydrogens is 402 g/mol. The second-order valence-corrected chi connectivity index (χ2v) is 8.47. The van der Waals surface area contributed by atoms with Gasteiger partial charge < -0.3 is 5.32 Å². The Kier molecular flexibility index (Phi) is 5.00. The molecule has 2 heterocycles. The monoisotopic (exact) mass is 417 g/mol. The predicted octanol–water partition coefficient (Wildman–Crippen LogP) is 4.93. The minimum atomic E-state index is 0.104. The topological polar surface area (TPSA) is 37.8 Å². The van der Waals surface area contributed by atoms with Gasteiger partial charge in [0.25, 0.3) is 0 Å². The van der Waals surface area contributed by atoms with Crippen LogP contribution in [0, 0.1) is 6.92 Å². The van der Waals surface area contributed by atoms with Crippen molar-refractivity contribution < 1.29 is 0 Å². The van der Waals surface area contributed by atoms with Crippen molar-refractivity contribution in [2.75, 3.05) is 0 Å². The fourth-order valence-electron chi connectivity index (χ4n) is 1.61. The molecule has 0 atom stereocenters. The number of pyridine rings is 1. The van der Waals surface area contributed by atoms with Gasteiger partial charge in [-0.2, -0.15) is 0 Å². The Morgan fingerprint density at radius 1 is 1.30 bits per heavy atom. The lowest BCUT2D eigenvalue weighted by atomic mass is 10.1. The minimum absolute atomic E-state index is 0.104. The van der Waals surface area contributed by atoms with Gasteiger partial charge in [0.15, 0.2) is 0 Å². The Balaban J connectivity index is 2.26. The highest BCUT2D eigenvalue weighted by Crippen LogP contribution is 2.32. The van der Waals surface area contributed by atoms with E-state index in [1.807, 2.05) is 13.0 Å². The zero-order valence-corrected chi connectivity index (χ0v) is 15.9. The van der Waals surface area contributed by atoms with E-state index in [2.05, 4.69) is 67.9 Å². The summed E-state index contributed by atoms with van der Waals surface area (Å²) in [7, 11) is 0. The molecule has 20 heavy (non-hydrogen) atoms. The van der Waals surface area contributed by atoms with Gasteiger partial charge in [-0.3, -0.25) is 4.98 Å². The van der Waals surface area contributed by atoms with E-state index in [0.29, 0.717) is 0 Å². The van der Waals surface area contributed by atoms with Crippen molar-refractivity contribution in [1.29, 1.82) is 0 Å². The quantitative estimate of drug-likeness (QED) is 0.767. The molecule has 108 valence electrons. The second kappa shape index (κ2) is 6.22. The van der Waals surface area contributed by atoms with Crippen molar-refractivity contribution in [3.05, 3.63) is 31.8 Å². The van der Waals surface area contributed by atoms with E-state index in [9.17, 15) is 0 Å². The van der Waals surface area contributed by atoms with E-state index in [-0.39, 0.29) is 5.54 Å². The molecule has 0 aliphatic heterocycles. The molecule has 2 aromatic heterocycles. The lowest BCUT2D eigenvalue weighted by Crippen LogP contribution is -2.34. The lowest BCUT2D eigenvalue weighted by Gasteiger charge is -2.19. The van der Waals surface area contributed by atoms with Crippen LogP contribution in [0.25, 0.3) is 10.7 Å². The van der Waals surface area contributed by atoms with Crippen LogP contribution in [-0.2, 0) is 6.54 Å². The van der Waals surface area contributed by atoms with Crippen LogP contribution in [0.1, 0.15) is 31.3 Å². The number of halogens is 2. The van der Waals surface area contributed by atoms with Gasteiger partial charge in [-0.1, -0.05) is 0 Å². The molecular formula is C14H17Br2N3S. The molecule has 0 unspecified atom stereocenters. The van der Waals surface area contributed by atoms with Crippen molar-refractivity contribution in [2.24, 2.45) is 0 Å². The maximum absolute atomic E-state index is 4.64. The lowest BCUT2D eigenvalue weighted by molar-refractivity contribution is 0.425. The van der Waals surface area contributed by atoms with E-state index in [4.69, 9.17) is 0 Å². The van der Waals surface area contributed by atoms with E-state index >= 15 is 0 Å². The van der Waals surface area contributed by atoms with E-state index < -0.39 is 0 Å². The molecule has 0 aliphatic rings. The number of nitrogens with zero attached hydrogens (tertiary/aromatic N) is 2. The van der Waals surface area contributed by atoms with Crippen molar-refractivity contribution in [2.45, 2.75) is 39.8 Å². The van der Waals surface area contributed by atoms with Crippen molar-refractivity contribution in [3.63, 3.8) is 0 Å². The maximum atomic E-state index is 4.64. The first-order chi connectivity index (χ1) is 9.26. The Morgan fingerprint density at radius 3 is 2.60 bits per heavy atom. The van der Waals surface area contributed by atoms with Crippen LogP contribution >= 0.6 is 43.2 Å². The van der Waals surface area contributed by atoms with Gasteiger partial charge in [0.2, 0.25) is 0 Å². The molecule has 0 bridgehead atoms. The molecule has 0 saturated heterocycles. The highest BCUT2D eigenvalue weighted by Gasteiger charge is 2.15. The number of aromatic nitrogens is 2. The van der Waals surface area contributed by atoms with Crippen LogP contribution in [0.4, 0.5) is 0 Å². The van der Waals surface area contributed by atoms with E-state index in [1.165, 1.54) is 4.88 Å². The number of nitrogens with one attached hydrogen (secondary N) is 1. The SMILES string of the molecule is Cc1nc(-c2ncc(Br)cc2Br)sc1CNC(C)(C)C. The average molecular weight is 419 g/mol. The molecule has 3 nitrogen and oxygen atoms in total. The summed E-state index contributed by atoms with van der Waals surface area (Å²) in [4.78, 5) is 10.3. The largest absolute Gasteiger partial charge is 0.307 e. The Bertz CT molecular complexity index is 617. The van der Waals surface area contributed by atoms with Crippen molar-refractivity contribution in [3.8, 4) is 10.7 Å². The maximum Gasteiger partial charge on any atom is 0.143 e. The highest BCUT2D eigenvalue weighted by molar-refractivity contribution is 9.11. The van der Waals surface area contributed by atoms with Crippen molar-refractivity contribution >= 4 is 43.2 Å². The zero-order chi connectivity index (χ0) is 14.9. The van der Waals surface area contributed by atoms with Crippen LogP contribution in [0.15, 0.2) is 21.2 Å².